The predicted octanol–water partition coefficient (Wildman–Crippen LogP) is 1.05. The minimum absolute atomic E-state index is 0.241. The highest BCUT2D eigenvalue weighted by molar-refractivity contribution is 6.00. The zero-order valence-electron chi connectivity index (χ0n) is 11.5. The number of amides is 1. The van der Waals surface area contributed by atoms with E-state index in [0.29, 0.717) is 35.9 Å². The Balaban J connectivity index is 2.79. The molecule has 6 nitrogen and oxygen atoms in total. The second kappa shape index (κ2) is 7.48. The van der Waals surface area contributed by atoms with Crippen LogP contribution in [0.25, 0.3) is 0 Å². The maximum absolute atomic E-state index is 12.0. The molecule has 0 heterocycles. The maximum atomic E-state index is 12.0. The molecule has 0 spiro atoms. The van der Waals surface area contributed by atoms with Gasteiger partial charge in [-0.05, 0) is 12.5 Å². The van der Waals surface area contributed by atoms with Crippen LogP contribution in [-0.2, 0) is 4.74 Å². The van der Waals surface area contributed by atoms with E-state index in [0.717, 1.165) is 6.42 Å². The van der Waals surface area contributed by atoms with Gasteiger partial charge in [0.1, 0.15) is 0 Å². The number of hydrogen-bond donors (Lipinski definition) is 2. The summed E-state index contributed by atoms with van der Waals surface area (Å²) in [4.78, 5) is 12.0. The Morgan fingerprint density at radius 3 is 2.42 bits per heavy atom. The lowest BCUT2D eigenvalue weighted by Gasteiger charge is -2.12. The van der Waals surface area contributed by atoms with Gasteiger partial charge in [0.15, 0.2) is 11.5 Å². The van der Waals surface area contributed by atoms with Crippen molar-refractivity contribution in [2.75, 3.05) is 40.2 Å². The van der Waals surface area contributed by atoms with Gasteiger partial charge in [0.05, 0.1) is 19.8 Å². The summed E-state index contributed by atoms with van der Waals surface area (Å²) in [6, 6.07) is 3.14. The average molecular weight is 268 g/mol. The molecule has 19 heavy (non-hydrogen) atoms. The molecule has 0 aliphatic carbocycles. The zero-order valence-corrected chi connectivity index (χ0v) is 11.5. The van der Waals surface area contributed by atoms with Crippen LogP contribution in [0, 0.1) is 0 Å². The van der Waals surface area contributed by atoms with Crippen molar-refractivity contribution in [2.24, 2.45) is 0 Å². The lowest BCUT2D eigenvalue weighted by molar-refractivity contribution is 0.0949. The van der Waals surface area contributed by atoms with E-state index >= 15 is 0 Å². The first kappa shape index (κ1) is 15.1. The molecule has 0 aliphatic heterocycles. The van der Waals surface area contributed by atoms with Crippen LogP contribution in [0.2, 0.25) is 0 Å². The minimum Gasteiger partial charge on any atom is -0.493 e. The molecule has 0 radical (unpaired) electrons. The van der Waals surface area contributed by atoms with Crippen molar-refractivity contribution in [3.63, 3.8) is 0 Å². The number of nitrogens with two attached hydrogens (primary N) is 1. The number of anilines is 1. The smallest absolute Gasteiger partial charge is 0.253 e. The molecule has 0 aliphatic rings. The summed E-state index contributed by atoms with van der Waals surface area (Å²) >= 11 is 0. The van der Waals surface area contributed by atoms with Gasteiger partial charge in [0, 0.05) is 32.0 Å². The Bertz CT molecular complexity index is 435. The molecule has 0 saturated carbocycles. The number of ether oxygens (including phenoxy) is 3. The lowest BCUT2D eigenvalue weighted by atomic mass is 10.1. The molecule has 1 amide bonds. The van der Waals surface area contributed by atoms with Crippen molar-refractivity contribution >= 4 is 11.6 Å². The molecule has 0 saturated heterocycles. The molecule has 1 rings (SSSR count). The van der Waals surface area contributed by atoms with E-state index < -0.39 is 0 Å². The normalized spacial score (nSPS) is 10.1. The topological polar surface area (TPSA) is 82.8 Å². The summed E-state index contributed by atoms with van der Waals surface area (Å²) in [5, 5.41) is 2.77. The highest BCUT2D eigenvalue weighted by atomic mass is 16.5. The second-order valence-corrected chi connectivity index (χ2v) is 3.90. The molecule has 0 aromatic heterocycles. The quantitative estimate of drug-likeness (QED) is 0.570. The largest absolute Gasteiger partial charge is 0.493 e. The molecule has 0 unspecified atom stereocenters. The van der Waals surface area contributed by atoms with Crippen LogP contribution in [0.4, 0.5) is 5.69 Å². The van der Waals surface area contributed by atoms with Gasteiger partial charge in [0.25, 0.3) is 5.91 Å². The van der Waals surface area contributed by atoms with E-state index in [-0.39, 0.29) is 5.91 Å². The van der Waals surface area contributed by atoms with Gasteiger partial charge in [-0.1, -0.05) is 0 Å². The SMILES string of the molecule is COCCCNC(=O)c1cc(OC)c(OC)cc1N. The highest BCUT2D eigenvalue weighted by Gasteiger charge is 2.14. The van der Waals surface area contributed by atoms with Crippen molar-refractivity contribution in [3.8, 4) is 11.5 Å². The first-order valence-corrected chi connectivity index (χ1v) is 5.92. The van der Waals surface area contributed by atoms with Crippen molar-refractivity contribution in [2.45, 2.75) is 6.42 Å². The summed E-state index contributed by atoms with van der Waals surface area (Å²) < 4.78 is 15.2. The third-order valence-electron chi connectivity index (χ3n) is 2.61. The zero-order chi connectivity index (χ0) is 14.3. The maximum Gasteiger partial charge on any atom is 0.253 e. The number of carbonyl (C=O) groups excluding carboxylic acids is 1. The van der Waals surface area contributed by atoms with Crippen molar-refractivity contribution in [3.05, 3.63) is 17.7 Å². The fourth-order valence-corrected chi connectivity index (χ4v) is 1.61. The van der Waals surface area contributed by atoms with Gasteiger partial charge in [-0.25, -0.2) is 0 Å². The highest BCUT2D eigenvalue weighted by Crippen LogP contribution is 2.31. The van der Waals surface area contributed by atoms with E-state index in [2.05, 4.69) is 5.32 Å². The Morgan fingerprint density at radius 2 is 1.84 bits per heavy atom. The van der Waals surface area contributed by atoms with Crippen LogP contribution in [0.15, 0.2) is 12.1 Å². The number of carbonyl (C=O) groups is 1. The van der Waals surface area contributed by atoms with Crippen LogP contribution in [0.1, 0.15) is 16.8 Å². The van der Waals surface area contributed by atoms with Crippen LogP contribution in [-0.4, -0.2) is 40.4 Å². The summed E-state index contributed by atoms with van der Waals surface area (Å²) in [5.41, 5.74) is 6.55. The van der Waals surface area contributed by atoms with Gasteiger partial charge in [0.2, 0.25) is 0 Å². The minimum atomic E-state index is -0.241. The number of methoxy groups -OCH3 is 3. The van der Waals surface area contributed by atoms with E-state index in [4.69, 9.17) is 19.9 Å². The van der Waals surface area contributed by atoms with Crippen LogP contribution >= 0.6 is 0 Å². The third-order valence-corrected chi connectivity index (χ3v) is 2.61. The van der Waals surface area contributed by atoms with Crippen LogP contribution in [0.5, 0.6) is 11.5 Å². The van der Waals surface area contributed by atoms with Crippen molar-refractivity contribution in [1.82, 2.24) is 5.32 Å². The number of nitrogen functional groups attached to an aromatic ring is 1. The van der Waals surface area contributed by atoms with E-state index in [1.54, 1.807) is 19.2 Å². The Kier molecular flexibility index (Phi) is 5.95. The molecular formula is C13H20N2O4. The number of benzene rings is 1. The van der Waals surface area contributed by atoms with E-state index in [1.807, 2.05) is 0 Å². The van der Waals surface area contributed by atoms with Crippen LogP contribution < -0.4 is 20.5 Å². The molecule has 106 valence electrons. The van der Waals surface area contributed by atoms with Crippen LogP contribution in [0.3, 0.4) is 0 Å². The monoisotopic (exact) mass is 268 g/mol. The predicted molar refractivity (Wildman–Crippen MR) is 72.8 cm³/mol. The Morgan fingerprint density at radius 1 is 1.21 bits per heavy atom. The number of rotatable bonds is 7. The van der Waals surface area contributed by atoms with Gasteiger partial charge < -0.3 is 25.3 Å². The molecule has 0 bridgehead atoms. The molecule has 0 fully saturated rings. The van der Waals surface area contributed by atoms with Crippen molar-refractivity contribution in [1.29, 1.82) is 0 Å². The fourth-order valence-electron chi connectivity index (χ4n) is 1.61. The van der Waals surface area contributed by atoms with Gasteiger partial charge >= 0.3 is 0 Å². The molecule has 1 aromatic rings. The molecule has 1 aromatic carbocycles. The van der Waals surface area contributed by atoms with Crippen molar-refractivity contribution < 1.29 is 19.0 Å². The van der Waals surface area contributed by atoms with Gasteiger partial charge in [-0.15, -0.1) is 0 Å². The van der Waals surface area contributed by atoms with Gasteiger partial charge in [-0.3, -0.25) is 4.79 Å². The molecule has 0 atom stereocenters. The summed E-state index contributed by atoms with van der Waals surface area (Å²) in [6.07, 6.45) is 0.745. The van der Waals surface area contributed by atoms with E-state index in [9.17, 15) is 4.79 Å². The summed E-state index contributed by atoms with van der Waals surface area (Å²) in [7, 11) is 4.64. The number of hydrogen-bond acceptors (Lipinski definition) is 5. The third kappa shape index (κ3) is 4.03. The Hall–Kier alpha value is -1.95. The first-order valence-electron chi connectivity index (χ1n) is 5.92. The standard InChI is InChI=1S/C13H20N2O4/c1-17-6-4-5-15-13(16)9-7-11(18-2)12(19-3)8-10(9)14/h7-8H,4-6,14H2,1-3H3,(H,15,16). The van der Waals surface area contributed by atoms with E-state index in [1.165, 1.54) is 14.2 Å². The summed E-state index contributed by atoms with van der Waals surface area (Å²) in [5.74, 6) is 0.726. The average Bonchev–Trinajstić information content (AvgIpc) is 2.42. The fraction of sp³-hybridized carbons (Fsp3) is 0.462. The lowest BCUT2D eigenvalue weighted by Crippen LogP contribution is -2.26. The second-order valence-electron chi connectivity index (χ2n) is 3.90. The van der Waals surface area contributed by atoms with Gasteiger partial charge in [-0.2, -0.15) is 0 Å². The summed E-state index contributed by atoms with van der Waals surface area (Å²) in [6.45, 7) is 1.13. The molecular weight excluding hydrogens is 248 g/mol. The first-order chi connectivity index (χ1) is 9.13. The molecule has 3 N–H and O–H groups in total. The molecule has 6 heteroatoms. The number of nitrogens with one attached hydrogen (secondary N) is 1. The Labute approximate surface area is 112 Å².